The van der Waals surface area contributed by atoms with E-state index in [9.17, 15) is 0 Å². The molecule has 0 radical (unpaired) electrons. The van der Waals surface area contributed by atoms with E-state index in [1.165, 1.54) is 0 Å². The van der Waals surface area contributed by atoms with Crippen LogP contribution in [-0.2, 0) is 12.5 Å². The zero-order chi connectivity index (χ0) is 3.58. The minimum absolute atomic E-state index is 0. The van der Waals surface area contributed by atoms with Crippen molar-refractivity contribution in [1.82, 2.24) is 0 Å². The van der Waals surface area contributed by atoms with E-state index in [4.69, 9.17) is 0 Å². The Morgan fingerprint density at radius 2 is 1.40 bits per heavy atom. The summed E-state index contributed by atoms with van der Waals surface area (Å²) in [6, 6.07) is 0. The molecule has 0 bridgehead atoms. The van der Waals surface area contributed by atoms with E-state index in [-0.39, 0.29) is 34.1 Å². The van der Waals surface area contributed by atoms with Gasteiger partial charge in [-0.3, -0.25) is 0 Å². The third-order valence-corrected chi connectivity index (χ3v) is 0. The first-order chi connectivity index (χ1) is 1.73. The molecule has 0 saturated carbocycles. The van der Waals surface area contributed by atoms with E-state index in [1.807, 2.05) is 0 Å². The van der Waals surface area contributed by atoms with Gasteiger partial charge in [0.1, 0.15) is 4.55 Å². The van der Waals surface area contributed by atoms with Crippen molar-refractivity contribution in [1.29, 1.82) is 0 Å². The second-order valence-electron chi connectivity index (χ2n) is 0.326. The molecule has 0 fully saturated rings. The second-order valence-corrected chi connectivity index (χ2v) is 2.94. The third kappa shape index (κ3) is 23.1. The molecule has 0 rings (SSSR count). The van der Waals surface area contributed by atoms with Crippen LogP contribution in [0.3, 0.4) is 0 Å². The van der Waals surface area contributed by atoms with E-state index in [1.54, 1.807) is 0 Å². The number of thiol groups is 2. The van der Waals surface area contributed by atoms with Gasteiger partial charge in [-0.15, -0.1) is 0 Å². The SMILES string of the molecule is [Na+].[S-]B(S)S. The van der Waals surface area contributed by atoms with Gasteiger partial charge < -0.3 is 12.5 Å². The molecule has 0 nitrogen and oxygen atoms in total. The van der Waals surface area contributed by atoms with Gasteiger partial charge in [-0.2, -0.15) is 0 Å². The van der Waals surface area contributed by atoms with Crippen molar-refractivity contribution in [2.75, 3.05) is 0 Å². The maximum absolute atomic E-state index is 4.35. The fourth-order valence-electron chi connectivity index (χ4n) is 0. The summed E-state index contributed by atoms with van der Waals surface area (Å²) in [5.74, 6) is 0. The Bertz CT molecular complexity index is 11.6. The summed E-state index contributed by atoms with van der Waals surface area (Å²) in [6.07, 6.45) is 0. The summed E-state index contributed by atoms with van der Waals surface area (Å²) in [6.45, 7) is 0. The molecule has 0 N–H and O–H groups in total. The molecule has 0 saturated heterocycles. The van der Waals surface area contributed by atoms with E-state index >= 15 is 0 Å². The standard InChI is InChI=1S/BH2S3.Na/c2-1(3)4;/h2-3H;/q-1;+1. The molecule has 24 valence electrons. The summed E-state index contributed by atoms with van der Waals surface area (Å²) in [5.41, 5.74) is 0. The van der Waals surface area contributed by atoms with Crippen LogP contribution in [0.5, 0.6) is 0 Å². The molecule has 0 aliphatic carbocycles. The van der Waals surface area contributed by atoms with Crippen LogP contribution in [0.15, 0.2) is 0 Å². The number of rotatable bonds is 0. The van der Waals surface area contributed by atoms with Crippen LogP contribution >= 0.6 is 25.0 Å². The van der Waals surface area contributed by atoms with Crippen LogP contribution in [0.2, 0.25) is 0 Å². The molecular formula is H2BNaS3. The fraction of sp³-hybridized carbons (Fsp3) is 0. The zero-order valence-electron chi connectivity index (χ0n) is 2.88. The van der Waals surface area contributed by atoms with Crippen LogP contribution in [0.25, 0.3) is 0 Å². The summed E-state index contributed by atoms with van der Waals surface area (Å²) in [5, 5.41) is 0. The molecule has 0 amide bonds. The van der Waals surface area contributed by atoms with Gasteiger partial charge in [0.2, 0.25) is 0 Å². The van der Waals surface area contributed by atoms with Gasteiger partial charge in [-0.1, -0.05) is 0 Å². The molecule has 0 spiro atoms. The van der Waals surface area contributed by atoms with Gasteiger partial charge >= 0.3 is 29.6 Å². The minimum Gasteiger partial charge on any atom is -0.802 e. The Morgan fingerprint density at radius 3 is 1.40 bits per heavy atom. The number of hydrogen-bond acceptors (Lipinski definition) is 3. The first kappa shape index (κ1) is 10.2. The first-order valence-corrected chi connectivity index (χ1v) is 2.26. The topological polar surface area (TPSA) is 0 Å². The molecule has 0 aromatic carbocycles. The van der Waals surface area contributed by atoms with Crippen LogP contribution < -0.4 is 29.6 Å². The van der Waals surface area contributed by atoms with E-state index in [2.05, 4.69) is 37.4 Å². The van der Waals surface area contributed by atoms with Gasteiger partial charge in [0.25, 0.3) is 0 Å². The van der Waals surface area contributed by atoms with Crippen LogP contribution in [0.4, 0.5) is 0 Å². The molecule has 5 heavy (non-hydrogen) atoms. The van der Waals surface area contributed by atoms with Crippen molar-refractivity contribution in [3.63, 3.8) is 0 Å². The molecule has 0 aliphatic heterocycles. The van der Waals surface area contributed by atoms with Crippen molar-refractivity contribution in [2.24, 2.45) is 0 Å². The largest absolute Gasteiger partial charge is 1.00 e. The monoisotopic (exact) mass is 132 g/mol. The molecule has 0 atom stereocenters. The number of hydrogen-bond donors (Lipinski definition) is 2. The maximum Gasteiger partial charge on any atom is 1.00 e. The van der Waals surface area contributed by atoms with Crippen molar-refractivity contribution in [3.8, 4) is 0 Å². The Hall–Kier alpha value is 2.11. The normalized spacial score (nSPS) is 5.40. The van der Waals surface area contributed by atoms with Crippen molar-refractivity contribution >= 4 is 42.0 Å². The smallest absolute Gasteiger partial charge is 0.802 e. The van der Waals surface area contributed by atoms with Crippen molar-refractivity contribution in [3.05, 3.63) is 0 Å². The quantitative estimate of drug-likeness (QED) is 0.207. The average Bonchev–Trinajstić information content (AvgIpc) is 0.811. The van der Waals surface area contributed by atoms with Crippen LogP contribution in [-0.4, -0.2) is 4.55 Å². The summed E-state index contributed by atoms with van der Waals surface area (Å²) >= 11 is 11.6. The van der Waals surface area contributed by atoms with E-state index in [0.29, 0.717) is 0 Å². The Labute approximate surface area is 70.8 Å². The summed E-state index contributed by atoms with van der Waals surface area (Å²) in [4.78, 5) is 0. The van der Waals surface area contributed by atoms with Crippen LogP contribution in [0.1, 0.15) is 0 Å². The molecule has 0 aromatic rings. The van der Waals surface area contributed by atoms with Gasteiger partial charge in [-0.05, 0) is 0 Å². The Balaban J connectivity index is 0. The fourth-order valence-corrected chi connectivity index (χ4v) is 0. The molecule has 5 heteroatoms. The molecular weight excluding hydrogens is 130 g/mol. The predicted molar refractivity (Wildman–Crippen MR) is 31.1 cm³/mol. The average molecular weight is 132 g/mol. The maximum atomic E-state index is 4.35. The third-order valence-electron chi connectivity index (χ3n) is 0. The van der Waals surface area contributed by atoms with Gasteiger partial charge in [0, 0.05) is 0 Å². The Kier molecular flexibility index (Phi) is 12.4. The summed E-state index contributed by atoms with van der Waals surface area (Å²) < 4.78 is -0.194. The van der Waals surface area contributed by atoms with Crippen molar-refractivity contribution in [2.45, 2.75) is 0 Å². The molecule has 0 aromatic heterocycles. The van der Waals surface area contributed by atoms with E-state index < -0.39 is 0 Å². The molecule has 0 unspecified atom stereocenters. The second kappa shape index (κ2) is 6.11. The van der Waals surface area contributed by atoms with Gasteiger partial charge in [0.15, 0.2) is 0 Å². The van der Waals surface area contributed by atoms with Gasteiger partial charge in [-0.25, -0.2) is 25.0 Å². The predicted octanol–water partition coefficient (Wildman–Crippen LogP) is -2.62. The van der Waals surface area contributed by atoms with Crippen molar-refractivity contribution < 1.29 is 29.6 Å². The Morgan fingerprint density at radius 1 is 1.40 bits per heavy atom. The molecule has 0 aliphatic rings. The van der Waals surface area contributed by atoms with Gasteiger partial charge in [0.05, 0.1) is 0 Å². The molecule has 0 heterocycles. The van der Waals surface area contributed by atoms with E-state index in [0.717, 1.165) is 0 Å². The van der Waals surface area contributed by atoms with Crippen LogP contribution in [0, 0.1) is 0 Å². The zero-order valence-corrected chi connectivity index (χ0v) is 7.49. The first-order valence-electron chi connectivity index (χ1n) is 0.752. The summed E-state index contributed by atoms with van der Waals surface area (Å²) in [7, 11) is 0. The minimum atomic E-state index is -0.194.